The highest BCUT2D eigenvalue weighted by molar-refractivity contribution is 5.63. The maximum Gasteiger partial charge on any atom is 0.267 e. The van der Waals surface area contributed by atoms with E-state index in [-0.39, 0.29) is 18.0 Å². The summed E-state index contributed by atoms with van der Waals surface area (Å²) in [5.74, 6) is 2.60. The van der Waals surface area contributed by atoms with E-state index in [1.54, 1.807) is 39.5 Å². The Morgan fingerprint density at radius 3 is 2.32 bits per heavy atom. The zero-order valence-corrected chi connectivity index (χ0v) is 17.2. The zero-order chi connectivity index (χ0) is 21.8. The maximum atomic E-state index is 12.3. The van der Waals surface area contributed by atoms with Crippen LogP contribution >= 0.6 is 0 Å². The Hall–Kier alpha value is -4.14. The Morgan fingerprint density at radius 1 is 0.871 bits per heavy atom. The number of methoxy groups -OCH3 is 3. The summed E-state index contributed by atoms with van der Waals surface area (Å²) in [5.41, 5.74) is 1.86. The van der Waals surface area contributed by atoms with Crippen LogP contribution in [0.2, 0.25) is 0 Å². The van der Waals surface area contributed by atoms with Crippen LogP contribution in [0, 0.1) is 0 Å². The SMILES string of the molecule is COc1ccc(-c2noc(Cn3nc(-c4ccc(OC)c(OC)c4)ccc3=O)n2)cc1. The molecule has 31 heavy (non-hydrogen) atoms. The molecule has 0 radical (unpaired) electrons. The number of hydrogen-bond donors (Lipinski definition) is 0. The van der Waals surface area contributed by atoms with E-state index < -0.39 is 0 Å². The van der Waals surface area contributed by atoms with E-state index in [1.165, 1.54) is 10.7 Å². The van der Waals surface area contributed by atoms with E-state index in [2.05, 4.69) is 15.2 Å². The molecular weight excluding hydrogens is 400 g/mol. The van der Waals surface area contributed by atoms with Crippen LogP contribution < -0.4 is 19.8 Å². The molecule has 0 aliphatic carbocycles. The first-order chi connectivity index (χ1) is 15.1. The Bertz CT molecular complexity index is 1250. The van der Waals surface area contributed by atoms with Crippen molar-refractivity contribution in [2.75, 3.05) is 21.3 Å². The van der Waals surface area contributed by atoms with Gasteiger partial charge in [-0.1, -0.05) is 5.16 Å². The Morgan fingerprint density at radius 2 is 1.61 bits per heavy atom. The van der Waals surface area contributed by atoms with Gasteiger partial charge < -0.3 is 18.7 Å². The summed E-state index contributed by atoms with van der Waals surface area (Å²) >= 11 is 0. The molecule has 9 nitrogen and oxygen atoms in total. The van der Waals surface area contributed by atoms with E-state index in [4.69, 9.17) is 18.7 Å². The molecule has 0 spiro atoms. The molecule has 0 amide bonds. The topological polar surface area (TPSA) is 102 Å². The Labute approximate surface area is 177 Å². The van der Waals surface area contributed by atoms with Crippen molar-refractivity contribution < 1.29 is 18.7 Å². The second-order valence-corrected chi connectivity index (χ2v) is 6.52. The zero-order valence-electron chi connectivity index (χ0n) is 17.2. The first kappa shape index (κ1) is 20.1. The van der Waals surface area contributed by atoms with Crippen LogP contribution in [-0.4, -0.2) is 41.3 Å². The smallest absolute Gasteiger partial charge is 0.267 e. The summed E-state index contributed by atoms with van der Waals surface area (Å²) < 4.78 is 22.4. The minimum Gasteiger partial charge on any atom is -0.497 e. The number of aromatic nitrogens is 4. The summed E-state index contributed by atoms with van der Waals surface area (Å²) in [6.07, 6.45) is 0. The number of ether oxygens (including phenoxy) is 3. The summed E-state index contributed by atoms with van der Waals surface area (Å²) in [7, 11) is 4.73. The average Bonchev–Trinajstić information content (AvgIpc) is 3.28. The minimum absolute atomic E-state index is 0.0448. The average molecular weight is 420 g/mol. The van der Waals surface area contributed by atoms with Gasteiger partial charge in [-0.25, -0.2) is 4.68 Å². The van der Waals surface area contributed by atoms with Crippen molar-refractivity contribution in [2.45, 2.75) is 6.54 Å². The quantitative estimate of drug-likeness (QED) is 0.450. The van der Waals surface area contributed by atoms with Crippen molar-refractivity contribution in [1.82, 2.24) is 19.9 Å². The fraction of sp³-hybridized carbons (Fsp3) is 0.182. The van der Waals surface area contributed by atoms with Crippen molar-refractivity contribution in [2.24, 2.45) is 0 Å². The fourth-order valence-corrected chi connectivity index (χ4v) is 3.02. The summed E-state index contributed by atoms with van der Waals surface area (Å²) in [5, 5.41) is 8.43. The van der Waals surface area contributed by atoms with E-state index in [1.807, 2.05) is 30.3 Å². The predicted molar refractivity (Wildman–Crippen MR) is 112 cm³/mol. The lowest BCUT2D eigenvalue weighted by Gasteiger charge is -2.10. The minimum atomic E-state index is -0.284. The molecule has 0 unspecified atom stereocenters. The number of nitrogens with zero attached hydrogens (tertiary/aromatic N) is 4. The van der Waals surface area contributed by atoms with E-state index >= 15 is 0 Å². The standard InChI is InChI=1S/C22H20N4O5/c1-28-16-7-4-14(5-8-16)22-23-20(31-25-22)13-26-21(27)11-9-17(24-26)15-6-10-18(29-2)19(12-15)30-3/h4-12H,13H2,1-3H3. The number of rotatable bonds is 7. The molecular formula is C22H20N4O5. The van der Waals surface area contributed by atoms with Crippen molar-refractivity contribution in [3.05, 3.63) is 70.8 Å². The summed E-state index contributed by atoms with van der Waals surface area (Å²) in [4.78, 5) is 16.7. The molecule has 0 saturated heterocycles. The van der Waals surface area contributed by atoms with Crippen LogP contribution in [-0.2, 0) is 6.54 Å². The van der Waals surface area contributed by atoms with Crippen LogP contribution in [0.25, 0.3) is 22.6 Å². The molecule has 0 bridgehead atoms. The second kappa shape index (κ2) is 8.70. The molecule has 0 aliphatic heterocycles. The highest BCUT2D eigenvalue weighted by atomic mass is 16.5. The second-order valence-electron chi connectivity index (χ2n) is 6.52. The molecule has 2 aromatic heterocycles. The van der Waals surface area contributed by atoms with Gasteiger partial charge in [0.2, 0.25) is 11.7 Å². The van der Waals surface area contributed by atoms with Gasteiger partial charge in [0.15, 0.2) is 11.5 Å². The Balaban J connectivity index is 1.60. The number of hydrogen-bond acceptors (Lipinski definition) is 8. The monoisotopic (exact) mass is 420 g/mol. The van der Waals surface area contributed by atoms with Crippen molar-refractivity contribution in [3.8, 4) is 39.9 Å². The van der Waals surface area contributed by atoms with Crippen molar-refractivity contribution in [3.63, 3.8) is 0 Å². The molecule has 0 N–H and O–H groups in total. The third-order valence-electron chi connectivity index (χ3n) is 4.65. The largest absolute Gasteiger partial charge is 0.497 e. The molecule has 0 atom stereocenters. The molecule has 9 heteroatoms. The van der Waals surface area contributed by atoms with Gasteiger partial charge >= 0.3 is 0 Å². The normalized spacial score (nSPS) is 10.7. The highest BCUT2D eigenvalue weighted by Crippen LogP contribution is 2.31. The Kier molecular flexibility index (Phi) is 5.65. The van der Waals surface area contributed by atoms with Gasteiger partial charge in [-0.2, -0.15) is 10.1 Å². The van der Waals surface area contributed by atoms with Gasteiger partial charge in [-0.3, -0.25) is 4.79 Å². The van der Waals surface area contributed by atoms with Crippen LogP contribution in [0.15, 0.2) is 63.9 Å². The third-order valence-corrected chi connectivity index (χ3v) is 4.65. The van der Waals surface area contributed by atoms with Crippen molar-refractivity contribution in [1.29, 1.82) is 0 Å². The molecule has 158 valence electrons. The van der Waals surface area contributed by atoms with Crippen LogP contribution in [0.3, 0.4) is 0 Å². The molecule has 0 fully saturated rings. The van der Waals surface area contributed by atoms with E-state index in [9.17, 15) is 4.79 Å². The predicted octanol–water partition coefficient (Wildman–Crippen LogP) is 3.03. The number of benzene rings is 2. The third kappa shape index (κ3) is 4.25. The molecule has 4 aromatic rings. The highest BCUT2D eigenvalue weighted by Gasteiger charge is 2.13. The van der Waals surface area contributed by atoms with Gasteiger partial charge in [0.25, 0.3) is 5.56 Å². The van der Waals surface area contributed by atoms with Gasteiger partial charge in [0.1, 0.15) is 12.3 Å². The fourth-order valence-electron chi connectivity index (χ4n) is 3.02. The van der Waals surface area contributed by atoms with Crippen molar-refractivity contribution >= 4 is 0 Å². The summed E-state index contributed by atoms with van der Waals surface area (Å²) in [6.45, 7) is 0.0448. The van der Waals surface area contributed by atoms with Gasteiger partial charge in [-0.05, 0) is 48.5 Å². The van der Waals surface area contributed by atoms with Crippen LogP contribution in [0.4, 0.5) is 0 Å². The first-order valence-electron chi connectivity index (χ1n) is 9.39. The lowest BCUT2D eigenvalue weighted by molar-refractivity contribution is 0.355. The molecule has 2 aromatic carbocycles. The van der Waals surface area contributed by atoms with Crippen LogP contribution in [0.1, 0.15) is 5.89 Å². The van der Waals surface area contributed by atoms with E-state index in [0.717, 1.165) is 16.9 Å². The van der Waals surface area contributed by atoms with Gasteiger partial charge in [0.05, 0.1) is 27.0 Å². The molecule has 0 aliphatic rings. The molecule has 0 saturated carbocycles. The van der Waals surface area contributed by atoms with Gasteiger partial charge in [-0.15, -0.1) is 0 Å². The van der Waals surface area contributed by atoms with Gasteiger partial charge in [0, 0.05) is 17.2 Å². The maximum absolute atomic E-state index is 12.3. The first-order valence-corrected chi connectivity index (χ1v) is 9.39. The molecule has 4 rings (SSSR count). The summed E-state index contributed by atoms with van der Waals surface area (Å²) in [6, 6.07) is 15.8. The van der Waals surface area contributed by atoms with E-state index in [0.29, 0.717) is 23.0 Å². The lowest BCUT2D eigenvalue weighted by Crippen LogP contribution is -2.23. The molecule has 2 heterocycles. The van der Waals surface area contributed by atoms with Crippen LogP contribution in [0.5, 0.6) is 17.2 Å². The lowest BCUT2D eigenvalue weighted by atomic mass is 10.1.